The molecular formula is C8H17O4PPd. The fourth-order valence-corrected chi connectivity index (χ4v) is 0.612. The third-order valence-electron chi connectivity index (χ3n) is 0.558. The first kappa shape index (κ1) is 23.7. The molecule has 0 rings (SSSR count). The standard InChI is InChI=1S/C4H11P.2C2H4O2.Pd/c1-2-3-4-5;2*1-2(3)4;/h2-5H2,1H3;2*1H3,(H,3,4);/q;;;+2/p-2. The summed E-state index contributed by atoms with van der Waals surface area (Å²) in [6.45, 7) is 4.14. The van der Waals surface area contributed by atoms with Crippen molar-refractivity contribution in [3.8, 4) is 0 Å². The van der Waals surface area contributed by atoms with E-state index in [9.17, 15) is 0 Å². The number of carboxylic acid groups (broad SMARTS) is 2. The fourth-order valence-electron chi connectivity index (χ4n) is 0.204. The molecule has 0 saturated heterocycles. The Hall–Kier alpha value is 0.0323. The minimum Gasteiger partial charge on any atom is -0.550 e. The summed E-state index contributed by atoms with van der Waals surface area (Å²) < 4.78 is 0. The van der Waals surface area contributed by atoms with Crippen molar-refractivity contribution in [1.82, 2.24) is 0 Å². The number of aliphatic carboxylic acids is 2. The van der Waals surface area contributed by atoms with Gasteiger partial charge in [-0.05, 0) is 20.0 Å². The predicted octanol–water partition coefficient (Wildman–Crippen LogP) is -0.829. The normalized spacial score (nSPS) is 6.57. The number of carbonyl (C=O) groups excluding carboxylic acids is 2. The van der Waals surface area contributed by atoms with Crippen LogP contribution in [0.2, 0.25) is 0 Å². The van der Waals surface area contributed by atoms with Crippen LogP contribution < -0.4 is 10.2 Å². The molecule has 0 spiro atoms. The molecule has 0 aliphatic heterocycles. The van der Waals surface area contributed by atoms with Gasteiger partial charge in [-0.3, -0.25) is 0 Å². The van der Waals surface area contributed by atoms with E-state index in [1.54, 1.807) is 0 Å². The fraction of sp³-hybridized carbons (Fsp3) is 0.750. The Kier molecular flexibility index (Phi) is 39.1. The smallest absolute Gasteiger partial charge is 0.550 e. The van der Waals surface area contributed by atoms with Crippen molar-refractivity contribution in [3.63, 3.8) is 0 Å². The molecule has 88 valence electrons. The Labute approximate surface area is 101 Å². The van der Waals surface area contributed by atoms with Crippen molar-refractivity contribution in [3.05, 3.63) is 0 Å². The second-order valence-electron chi connectivity index (χ2n) is 2.13. The largest absolute Gasteiger partial charge is 2.00 e. The molecule has 4 nitrogen and oxygen atoms in total. The van der Waals surface area contributed by atoms with Crippen LogP contribution in [-0.2, 0) is 30.0 Å². The van der Waals surface area contributed by atoms with E-state index >= 15 is 0 Å². The zero-order valence-electron chi connectivity index (χ0n) is 8.65. The number of rotatable bonds is 2. The van der Waals surface area contributed by atoms with Gasteiger partial charge in [0.15, 0.2) is 0 Å². The number of unbranched alkanes of at least 4 members (excludes halogenated alkanes) is 1. The van der Waals surface area contributed by atoms with E-state index in [0.717, 1.165) is 13.8 Å². The summed E-state index contributed by atoms with van der Waals surface area (Å²) in [5, 5.41) is 17.8. The molecule has 1 unspecified atom stereocenters. The van der Waals surface area contributed by atoms with Crippen molar-refractivity contribution in [1.29, 1.82) is 0 Å². The van der Waals surface area contributed by atoms with E-state index in [1.807, 2.05) is 0 Å². The predicted molar refractivity (Wildman–Crippen MR) is 50.8 cm³/mol. The van der Waals surface area contributed by atoms with Crippen molar-refractivity contribution < 1.29 is 40.2 Å². The number of hydrogen-bond acceptors (Lipinski definition) is 4. The molecule has 0 bridgehead atoms. The van der Waals surface area contributed by atoms with Crippen molar-refractivity contribution >= 4 is 21.2 Å². The maximum Gasteiger partial charge on any atom is 2.00 e. The average Bonchev–Trinajstić information content (AvgIpc) is 1.86. The van der Waals surface area contributed by atoms with Gasteiger partial charge in [0.25, 0.3) is 0 Å². The van der Waals surface area contributed by atoms with Crippen LogP contribution in [-0.4, -0.2) is 18.1 Å². The van der Waals surface area contributed by atoms with Crippen LogP contribution in [0.4, 0.5) is 0 Å². The molecule has 14 heavy (non-hydrogen) atoms. The average molecular weight is 315 g/mol. The molecule has 0 N–H and O–H groups in total. The minimum absolute atomic E-state index is 0. The maximum absolute atomic E-state index is 8.89. The van der Waals surface area contributed by atoms with Crippen molar-refractivity contribution in [2.24, 2.45) is 0 Å². The summed E-state index contributed by atoms with van der Waals surface area (Å²) in [7, 11) is 2.70. The summed E-state index contributed by atoms with van der Waals surface area (Å²) in [6, 6.07) is 0. The number of carboxylic acids is 2. The second-order valence-corrected chi connectivity index (χ2v) is 2.70. The van der Waals surface area contributed by atoms with Gasteiger partial charge in [0.1, 0.15) is 0 Å². The van der Waals surface area contributed by atoms with Gasteiger partial charge in [-0.1, -0.05) is 19.8 Å². The molecule has 0 aromatic heterocycles. The number of hydrogen-bond donors (Lipinski definition) is 0. The first-order valence-corrected chi connectivity index (χ1v) is 4.75. The molecule has 1 atom stereocenters. The van der Waals surface area contributed by atoms with Gasteiger partial charge in [-0.2, -0.15) is 0 Å². The first-order valence-electron chi connectivity index (χ1n) is 3.93. The van der Waals surface area contributed by atoms with E-state index in [-0.39, 0.29) is 20.4 Å². The molecule has 0 fully saturated rings. The molecule has 0 saturated carbocycles. The summed E-state index contributed by atoms with van der Waals surface area (Å²) in [4.78, 5) is 17.8. The Bertz CT molecular complexity index is 109. The van der Waals surface area contributed by atoms with E-state index < -0.39 is 11.9 Å². The molecule has 0 aromatic rings. The van der Waals surface area contributed by atoms with Crippen LogP contribution in [0, 0.1) is 0 Å². The summed E-state index contributed by atoms with van der Waals surface area (Å²) in [5.74, 6) is -2.17. The summed E-state index contributed by atoms with van der Waals surface area (Å²) in [5.41, 5.74) is 0. The molecule has 0 aliphatic rings. The van der Waals surface area contributed by atoms with Crippen LogP contribution in [0.5, 0.6) is 0 Å². The van der Waals surface area contributed by atoms with Gasteiger partial charge in [0, 0.05) is 11.9 Å². The molecule has 0 aliphatic carbocycles. The molecular weight excluding hydrogens is 297 g/mol. The monoisotopic (exact) mass is 314 g/mol. The Morgan fingerprint density at radius 1 is 1.14 bits per heavy atom. The van der Waals surface area contributed by atoms with Crippen molar-refractivity contribution in [2.75, 3.05) is 6.16 Å². The van der Waals surface area contributed by atoms with Crippen LogP contribution >= 0.6 is 9.24 Å². The van der Waals surface area contributed by atoms with Crippen LogP contribution in [0.15, 0.2) is 0 Å². The van der Waals surface area contributed by atoms with E-state index in [1.165, 1.54) is 19.0 Å². The molecule has 0 amide bonds. The van der Waals surface area contributed by atoms with Crippen LogP contribution in [0.3, 0.4) is 0 Å². The van der Waals surface area contributed by atoms with Crippen LogP contribution in [0.1, 0.15) is 33.6 Å². The minimum atomic E-state index is -1.08. The quantitative estimate of drug-likeness (QED) is 0.492. The van der Waals surface area contributed by atoms with Gasteiger partial charge in [0.05, 0.1) is 0 Å². The van der Waals surface area contributed by atoms with E-state index in [0.29, 0.717) is 0 Å². The van der Waals surface area contributed by atoms with Gasteiger partial charge < -0.3 is 19.8 Å². The van der Waals surface area contributed by atoms with Gasteiger partial charge in [-0.25, -0.2) is 0 Å². The Morgan fingerprint density at radius 2 is 1.36 bits per heavy atom. The second kappa shape index (κ2) is 23.1. The third-order valence-corrected chi connectivity index (χ3v) is 0.966. The van der Waals surface area contributed by atoms with E-state index in [4.69, 9.17) is 19.8 Å². The molecule has 0 aromatic carbocycles. The zero-order chi connectivity index (χ0) is 11.3. The molecule has 0 radical (unpaired) electrons. The maximum atomic E-state index is 8.89. The van der Waals surface area contributed by atoms with Gasteiger partial charge in [0.2, 0.25) is 0 Å². The topological polar surface area (TPSA) is 80.3 Å². The molecule has 6 heteroatoms. The third kappa shape index (κ3) is 355. The SMILES string of the molecule is CC(=O)[O-].CC(=O)[O-].CCCCP.[Pd+2]. The first-order chi connectivity index (χ1) is 5.88. The van der Waals surface area contributed by atoms with E-state index in [2.05, 4.69) is 16.2 Å². The number of carbonyl (C=O) groups is 2. The van der Waals surface area contributed by atoms with Gasteiger partial charge in [-0.15, -0.1) is 9.24 Å². The van der Waals surface area contributed by atoms with Crippen molar-refractivity contribution in [2.45, 2.75) is 33.6 Å². The Balaban J connectivity index is -0.0000000522. The Morgan fingerprint density at radius 3 is 1.36 bits per heavy atom. The van der Waals surface area contributed by atoms with Crippen LogP contribution in [0.25, 0.3) is 0 Å². The summed E-state index contributed by atoms with van der Waals surface area (Å²) >= 11 is 0. The van der Waals surface area contributed by atoms with Gasteiger partial charge >= 0.3 is 20.4 Å². The summed E-state index contributed by atoms with van der Waals surface area (Å²) in [6.07, 6.45) is 3.94. The molecule has 0 heterocycles. The zero-order valence-corrected chi connectivity index (χ0v) is 11.4.